The average Bonchev–Trinajstić information content (AvgIpc) is 2.46. The minimum Gasteiger partial charge on any atom is -0.426 e. The van der Waals surface area contributed by atoms with E-state index in [-0.39, 0.29) is 11.6 Å². The van der Waals surface area contributed by atoms with Crippen LogP contribution in [0.1, 0.15) is 44.2 Å². The van der Waals surface area contributed by atoms with Crippen LogP contribution in [0.25, 0.3) is 11.0 Å². The van der Waals surface area contributed by atoms with Crippen LogP contribution in [-0.4, -0.2) is 5.97 Å². The van der Waals surface area contributed by atoms with Crippen molar-refractivity contribution in [2.75, 3.05) is 0 Å². The zero-order chi connectivity index (χ0) is 15.4. The van der Waals surface area contributed by atoms with Gasteiger partial charge in [-0.2, -0.15) is 0 Å². The largest absolute Gasteiger partial charge is 0.426 e. The van der Waals surface area contributed by atoms with Crippen molar-refractivity contribution < 1.29 is 13.9 Å². The molecule has 1 aromatic heterocycles. The predicted octanol–water partition coefficient (Wildman–Crippen LogP) is 3.76. The molecule has 0 radical (unpaired) electrons. The summed E-state index contributed by atoms with van der Waals surface area (Å²) >= 11 is 0. The molecule has 0 saturated carbocycles. The molecule has 0 saturated heterocycles. The predicted molar refractivity (Wildman–Crippen MR) is 81.8 cm³/mol. The molecule has 2 rings (SSSR count). The quantitative estimate of drug-likeness (QED) is 0.477. The van der Waals surface area contributed by atoms with Crippen molar-refractivity contribution in [1.82, 2.24) is 0 Å². The first kappa shape index (κ1) is 15.3. The lowest BCUT2D eigenvalue weighted by molar-refractivity contribution is -0.134. The van der Waals surface area contributed by atoms with E-state index in [4.69, 9.17) is 9.15 Å². The number of hydrogen-bond donors (Lipinski definition) is 0. The Bertz CT molecular complexity index is 713. The maximum atomic E-state index is 12.1. The van der Waals surface area contributed by atoms with Crippen molar-refractivity contribution >= 4 is 16.9 Å². The minimum atomic E-state index is -0.312. The zero-order valence-corrected chi connectivity index (χ0v) is 12.7. The Morgan fingerprint density at radius 2 is 2.05 bits per heavy atom. The van der Waals surface area contributed by atoms with E-state index in [0.29, 0.717) is 17.8 Å². The average molecular weight is 288 g/mol. The molecule has 0 fully saturated rings. The number of esters is 1. The number of carbonyl (C=O) groups excluding carboxylic acids is 1. The van der Waals surface area contributed by atoms with Crippen molar-refractivity contribution in [3.05, 3.63) is 39.7 Å². The van der Waals surface area contributed by atoms with E-state index in [9.17, 15) is 9.59 Å². The summed E-state index contributed by atoms with van der Waals surface area (Å²) in [6.07, 6.45) is 3.02. The Morgan fingerprint density at radius 1 is 1.29 bits per heavy atom. The summed E-state index contributed by atoms with van der Waals surface area (Å²) in [5.41, 5.74) is 1.84. The van der Waals surface area contributed by atoms with Crippen LogP contribution in [0.3, 0.4) is 0 Å². The van der Waals surface area contributed by atoms with Gasteiger partial charge >= 0.3 is 11.6 Å². The van der Waals surface area contributed by atoms with Gasteiger partial charge in [0.2, 0.25) is 0 Å². The maximum absolute atomic E-state index is 12.1. The van der Waals surface area contributed by atoms with E-state index in [1.165, 1.54) is 0 Å². The molecule has 0 bridgehead atoms. The molecular formula is C17H20O4. The van der Waals surface area contributed by atoms with E-state index in [1.807, 2.05) is 13.0 Å². The van der Waals surface area contributed by atoms with Crippen molar-refractivity contribution in [3.63, 3.8) is 0 Å². The number of fused-ring (bicyclic) bond motifs is 1. The van der Waals surface area contributed by atoms with Gasteiger partial charge in [-0.3, -0.25) is 4.79 Å². The molecular weight excluding hydrogens is 268 g/mol. The molecule has 0 atom stereocenters. The Hall–Kier alpha value is -2.10. The summed E-state index contributed by atoms with van der Waals surface area (Å²) in [6.45, 7) is 5.75. The number of unbranched alkanes of at least 4 members (excludes halogenated alkanes) is 1. The second kappa shape index (κ2) is 6.57. The first-order valence-electron chi connectivity index (χ1n) is 7.33. The molecule has 0 aliphatic heterocycles. The van der Waals surface area contributed by atoms with Gasteiger partial charge in [0.25, 0.3) is 0 Å². The van der Waals surface area contributed by atoms with Gasteiger partial charge in [-0.15, -0.1) is 0 Å². The number of ether oxygens (including phenoxy) is 1. The molecule has 0 aliphatic rings. The molecule has 0 unspecified atom stereocenters. The highest BCUT2D eigenvalue weighted by Gasteiger charge is 2.12. The Morgan fingerprint density at radius 3 is 2.71 bits per heavy atom. The van der Waals surface area contributed by atoms with Gasteiger partial charge < -0.3 is 9.15 Å². The molecule has 4 nitrogen and oxygen atoms in total. The van der Waals surface area contributed by atoms with Crippen LogP contribution in [-0.2, 0) is 11.2 Å². The Balaban J connectivity index is 2.46. The summed E-state index contributed by atoms with van der Waals surface area (Å²) in [5, 5.41) is 0.886. The summed E-state index contributed by atoms with van der Waals surface area (Å²) in [7, 11) is 0. The summed E-state index contributed by atoms with van der Waals surface area (Å²) < 4.78 is 10.5. The SMILES string of the molecule is CCCCc1c(C)c2ccc(OC(=O)CC)cc2oc1=O. The monoisotopic (exact) mass is 288 g/mol. The lowest BCUT2D eigenvalue weighted by atomic mass is 10.0. The van der Waals surface area contributed by atoms with Crippen molar-refractivity contribution in [2.45, 2.75) is 46.5 Å². The second-order valence-corrected chi connectivity index (χ2v) is 5.08. The van der Waals surface area contributed by atoms with Gasteiger partial charge in [-0.1, -0.05) is 20.3 Å². The summed E-state index contributed by atoms with van der Waals surface area (Å²) in [5.74, 6) is 0.0891. The number of benzene rings is 1. The smallest absolute Gasteiger partial charge is 0.339 e. The zero-order valence-electron chi connectivity index (χ0n) is 12.7. The highest BCUT2D eigenvalue weighted by atomic mass is 16.5. The van der Waals surface area contributed by atoms with E-state index < -0.39 is 0 Å². The number of carbonyl (C=O) groups is 1. The third-order valence-corrected chi connectivity index (χ3v) is 3.56. The fourth-order valence-corrected chi connectivity index (χ4v) is 2.28. The molecule has 1 aromatic carbocycles. The normalized spacial score (nSPS) is 10.8. The summed E-state index contributed by atoms with van der Waals surface area (Å²) in [6, 6.07) is 5.16. The third-order valence-electron chi connectivity index (χ3n) is 3.56. The Labute approximate surface area is 123 Å². The van der Waals surface area contributed by atoms with Crippen molar-refractivity contribution in [2.24, 2.45) is 0 Å². The molecule has 0 spiro atoms. The standard InChI is InChI=1S/C17H20O4/c1-4-6-7-14-11(3)13-9-8-12(20-16(18)5-2)10-15(13)21-17(14)19/h8-10H,4-7H2,1-3H3. The molecule has 2 aromatic rings. The third kappa shape index (κ3) is 3.32. The van der Waals surface area contributed by atoms with E-state index in [2.05, 4.69) is 6.92 Å². The van der Waals surface area contributed by atoms with Crippen molar-refractivity contribution in [1.29, 1.82) is 0 Å². The Kier molecular flexibility index (Phi) is 4.78. The molecule has 4 heteroatoms. The van der Waals surface area contributed by atoms with E-state index >= 15 is 0 Å². The number of aryl methyl sites for hydroxylation is 1. The summed E-state index contributed by atoms with van der Waals surface area (Å²) in [4.78, 5) is 23.4. The molecule has 112 valence electrons. The van der Waals surface area contributed by atoms with Gasteiger partial charge in [-0.25, -0.2) is 4.79 Å². The van der Waals surface area contributed by atoms with E-state index in [1.54, 1.807) is 19.1 Å². The topological polar surface area (TPSA) is 56.5 Å². The van der Waals surface area contributed by atoms with Crippen LogP contribution in [0.4, 0.5) is 0 Å². The number of rotatable bonds is 5. The second-order valence-electron chi connectivity index (χ2n) is 5.08. The maximum Gasteiger partial charge on any atom is 0.339 e. The van der Waals surface area contributed by atoms with Crippen LogP contribution < -0.4 is 10.4 Å². The molecule has 0 aliphatic carbocycles. The minimum absolute atomic E-state index is 0.299. The van der Waals surface area contributed by atoms with E-state index in [0.717, 1.165) is 35.8 Å². The first-order valence-corrected chi connectivity index (χ1v) is 7.33. The fourth-order valence-electron chi connectivity index (χ4n) is 2.28. The molecule has 21 heavy (non-hydrogen) atoms. The highest BCUT2D eigenvalue weighted by Crippen LogP contribution is 2.25. The van der Waals surface area contributed by atoms with Crippen LogP contribution in [0, 0.1) is 6.92 Å². The lowest BCUT2D eigenvalue weighted by Gasteiger charge is -2.08. The fraction of sp³-hybridized carbons (Fsp3) is 0.412. The van der Waals surface area contributed by atoms with Gasteiger partial charge in [0, 0.05) is 23.4 Å². The van der Waals surface area contributed by atoms with Gasteiger partial charge in [0.05, 0.1) is 0 Å². The van der Waals surface area contributed by atoms with Gasteiger partial charge in [-0.05, 0) is 37.5 Å². The molecule has 0 amide bonds. The highest BCUT2D eigenvalue weighted by molar-refractivity contribution is 5.83. The van der Waals surface area contributed by atoms with Gasteiger partial charge in [0.1, 0.15) is 11.3 Å². The van der Waals surface area contributed by atoms with Crippen LogP contribution in [0.2, 0.25) is 0 Å². The van der Waals surface area contributed by atoms with Crippen molar-refractivity contribution in [3.8, 4) is 5.75 Å². The molecule has 1 heterocycles. The molecule has 0 N–H and O–H groups in total. The first-order chi connectivity index (χ1) is 10.1. The van der Waals surface area contributed by atoms with Crippen LogP contribution >= 0.6 is 0 Å². The van der Waals surface area contributed by atoms with Crippen LogP contribution in [0.5, 0.6) is 5.75 Å². The van der Waals surface area contributed by atoms with Gasteiger partial charge in [0.15, 0.2) is 0 Å². The lowest BCUT2D eigenvalue weighted by Crippen LogP contribution is -2.10. The number of hydrogen-bond acceptors (Lipinski definition) is 4. The van der Waals surface area contributed by atoms with Crippen LogP contribution in [0.15, 0.2) is 27.4 Å².